The molecule has 0 bridgehead atoms. The SMILES string of the molecule is OB(O)c1cc(F)c(O)c(Cl)c1.Oc1c(F)cc(Br)cc1Cl. The zero-order valence-corrected chi connectivity index (χ0v) is 13.7. The van der Waals surface area contributed by atoms with Crippen molar-refractivity contribution in [3.63, 3.8) is 0 Å². The summed E-state index contributed by atoms with van der Waals surface area (Å²) in [5.74, 6) is -2.91. The fourth-order valence-corrected chi connectivity index (χ4v) is 2.25. The number of phenols is 2. The van der Waals surface area contributed by atoms with E-state index in [1.165, 1.54) is 6.07 Å². The molecule has 0 amide bonds. The van der Waals surface area contributed by atoms with Gasteiger partial charge in [-0.05, 0) is 29.7 Å². The minimum absolute atomic E-state index is 0.00637. The van der Waals surface area contributed by atoms with Gasteiger partial charge in [0.25, 0.3) is 0 Å². The van der Waals surface area contributed by atoms with Crippen LogP contribution < -0.4 is 5.46 Å². The number of hydrogen-bond acceptors (Lipinski definition) is 4. The van der Waals surface area contributed by atoms with E-state index < -0.39 is 30.3 Å². The molecule has 2 aromatic carbocycles. The molecule has 0 saturated heterocycles. The summed E-state index contributed by atoms with van der Waals surface area (Å²) >= 11 is 13.8. The Morgan fingerprint density at radius 1 is 0.864 bits per heavy atom. The Hall–Kier alpha value is -1.06. The lowest BCUT2D eigenvalue weighted by Crippen LogP contribution is -2.30. The first-order chi connectivity index (χ1) is 10.1. The van der Waals surface area contributed by atoms with Crippen molar-refractivity contribution in [2.45, 2.75) is 0 Å². The van der Waals surface area contributed by atoms with E-state index in [2.05, 4.69) is 15.9 Å². The van der Waals surface area contributed by atoms with Crippen LogP contribution in [0.4, 0.5) is 8.78 Å². The summed E-state index contributed by atoms with van der Waals surface area (Å²) in [6, 6.07) is 4.43. The van der Waals surface area contributed by atoms with Gasteiger partial charge in [-0.25, -0.2) is 8.78 Å². The van der Waals surface area contributed by atoms with Crippen LogP contribution in [0.25, 0.3) is 0 Å². The highest BCUT2D eigenvalue weighted by Gasteiger charge is 2.16. The van der Waals surface area contributed by atoms with Gasteiger partial charge in [0, 0.05) is 4.47 Å². The van der Waals surface area contributed by atoms with Gasteiger partial charge >= 0.3 is 7.12 Å². The van der Waals surface area contributed by atoms with Crippen molar-refractivity contribution in [1.29, 1.82) is 0 Å². The number of rotatable bonds is 1. The minimum Gasteiger partial charge on any atom is -0.504 e. The van der Waals surface area contributed by atoms with Gasteiger partial charge in [-0.1, -0.05) is 39.1 Å². The van der Waals surface area contributed by atoms with E-state index in [1.807, 2.05) is 0 Å². The van der Waals surface area contributed by atoms with Crippen LogP contribution in [0.5, 0.6) is 11.5 Å². The molecule has 2 aromatic rings. The first-order valence-electron chi connectivity index (χ1n) is 5.51. The lowest BCUT2D eigenvalue weighted by atomic mass is 9.80. The summed E-state index contributed by atoms with van der Waals surface area (Å²) < 4.78 is 25.6. The molecule has 0 aliphatic heterocycles. The Bertz CT molecular complexity index is 642. The molecule has 0 aliphatic rings. The molecule has 0 unspecified atom stereocenters. The van der Waals surface area contributed by atoms with E-state index in [9.17, 15) is 8.78 Å². The maximum absolute atomic E-state index is 12.6. The van der Waals surface area contributed by atoms with Gasteiger partial charge in [-0.3, -0.25) is 0 Å². The van der Waals surface area contributed by atoms with Crippen LogP contribution in [0, 0.1) is 11.6 Å². The maximum Gasteiger partial charge on any atom is 0.488 e. The highest BCUT2D eigenvalue weighted by molar-refractivity contribution is 9.10. The van der Waals surface area contributed by atoms with E-state index in [0.717, 1.165) is 18.2 Å². The van der Waals surface area contributed by atoms with Gasteiger partial charge in [-0.15, -0.1) is 0 Å². The molecule has 0 atom stereocenters. The van der Waals surface area contributed by atoms with Crippen molar-refractivity contribution in [3.8, 4) is 11.5 Å². The lowest BCUT2D eigenvalue weighted by molar-refractivity contribution is 0.422. The zero-order chi connectivity index (χ0) is 17.0. The van der Waals surface area contributed by atoms with Gasteiger partial charge in [0.15, 0.2) is 23.1 Å². The predicted octanol–water partition coefficient (Wildman–Crippen LogP) is 2.81. The second kappa shape index (κ2) is 7.98. The first kappa shape index (κ1) is 19.0. The molecule has 118 valence electrons. The zero-order valence-electron chi connectivity index (χ0n) is 10.6. The predicted molar refractivity (Wildman–Crippen MR) is 83.7 cm³/mol. The Morgan fingerprint density at radius 2 is 1.32 bits per heavy atom. The normalized spacial score (nSPS) is 9.95. The molecule has 0 aliphatic carbocycles. The quantitative estimate of drug-likeness (QED) is 0.540. The average Bonchev–Trinajstić information content (AvgIpc) is 2.42. The van der Waals surface area contributed by atoms with Crippen molar-refractivity contribution in [2.75, 3.05) is 0 Å². The summed E-state index contributed by atoms with van der Waals surface area (Å²) in [7, 11) is -1.79. The average molecular weight is 416 g/mol. The third-order valence-electron chi connectivity index (χ3n) is 2.32. The Balaban J connectivity index is 0.000000224. The van der Waals surface area contributed by atoms with Gasteiger partial charge < -0.3 is 20.3 Å². The summed E-state index contributed by atoms with van der Waals surface area (Å²) in [6.07, 6.45) is 0. The van der Waals surface area contributed by atoms with E-state index in [0.29, 0.717) is 4.47 Å². The molecule has 4 nitrogen and oxygen atoms in total. The molecule has 0 aromatic heterocycles. The van der Waals surface area contributed by atoms with Crippen LogP contribution in [0.15, 0.2) is 28.7 Å². The van der Waals surface area contributed by atoms with Gasteiger partial charge in [0.05, 0.1) is 10.0 Å². The molecule has 0 spiro atoms. The fraction of sp³-hybridized carbons (Fsp3) is 0. The van der Waals surface area contributed by atoms with E-state index >= 15 is 0 Å². The number of phenolic OH excluding ortho intramolecular Hbond substituents is 2. The third-order valence-corrected chi connectivity index (χ3v) is 3.35. The van der Waals surface area contributed by atoms with E-state index in [-0.39, 0.29) is 15.5 Å². The second-order valence-electron chi connectivity index (χ2n) is 3.92. The number of halogens is 5. The summed E-state index contributed by atoms with van der Waals surface area (Å²) in [6.45, 7) is 0. The summed E-state index contributed by atoms with van der Waals surface area (Å²) in [5, 5.41) is 34.6. The summed E-state index contributed by atoms with van der Waals surface area (Å²) in [5.41, 5.74) is -0.102. The summed E-state index contributed by atoms with van der Waals surface area (Å²) in [4.78, 5) is 0. The first-order valence-corrected chi connectivity index (χ1v) is 7.06. The molecular weight excluding hydrogens is 408 g/mol. The van der Waals surface area contributed by atoms with Crippen LogP contribution in [-0.4, -0.2) is 27.4 Å². The van der Waals surface area contributed by atoms with Crippen molar-refractivity contribution >= 4 is 51.7 Å². The Morgan fingerprint density at radius 3 is 1.73 bits per heavy atom. The highest BCUT2D eigenvalue weighted by Crippen LogP contribution is 2.29. The van der Waals surface area contributed by atoms with Crippen LogP contribution in [-0.2, 0) is 0 Å². The third kappa shape index (κ3) is 5.00. The molecule has 0 heterocycles. The van der Waals surface area contributed by atoms with Crippen molar-refractivity contribution in [1.82, 2.24) is 0 Å². The molecule has 0 fully saturated rings. The standard InChI is InChI=1S/C6H5BClFO3.C6H3BrClFO/c8-4-1-3(7(11)12)2-5(9)6(4)10;7-3-1-4(8)6(10)5(9)2-3/h1-2,10-12H;1-2,10H. The number of aromatic hydroxyl groups is 2. The smallest absolute Gasteiger partial charge is 0.488 e. The Kier molecular flexibility index (Phi) is 6.89. The van der Waals surface area contributed by atoms with Crippen molar-refractivity contribution in [3.05, 3.63) is 50.4 Å². The largest absolute Gasteiger partial charge is 0.504 e. The van der Waals surface area contributed by atoms with Crippen LogP contribution in [0.3, 0.4) is 0 Å². The molecule has 0 saturated carbocycles. The van der Waals surface area contributed by atoms with Crippen LogP contribution in [0.1, 0.15) is 0 Å². The number of hydrogen-bond donors (Lipinski definition) is 4. The molecule has 0 radical (unpaired) electrons. The van der Waals surface area contributed by atoms with Crippen LogP contribution in [0.2, 0.25) is 10.0 Å². The minimum atomic E-state index is -1.79. The lowest BCUT2D eigenvalue weighted by Gasteiger charge is -2.02. The Labute approximate surface area is 142 Å². The topological polar surface area (TPSA) is 80.9 Å². The molecule has 4 N–H and O–H groups in total. The highest BCUT2D eigenvalue weighted by atomic mass is 79.9. The van der Waals surface area contributed by atoms with Crippen molar-refractivity contribution < 1.29 is 29.0 Å². The fourth-order valence-electron chi connectivity index (χ4n) is 1.27. The van der Waals surface area contributed by atoms with E-state index in [4.69, 9.17) is 43.5 Å². The van der Waals surface area contributed by atoms with Crippen LogP contribution >= 0.6 is 39.1 Å². The molecule has 22 heavy (non-hydrogen) atoms. The molecule has 10 heteroatoms. The second-order valence-corrected chi connectivity index (χ2v) is 5.65. The number of benzene rings is 2. The van der Waals surface area contributed by atoms with Gasteiger partial charge in [0.2, 0.25) is 0 Å². The molecule has 2 rings (SSSR count). The monoisotopic (exact) mass is 414 g/mol. The molecular formula is C12H8BBrCl2F2O4. The maximum atomic E-state index is 12.6. The van der Waals surface area contributed by atoms with E-state index in [1.54, 1.807) is 0 Å². The van der Waals surface area contributed by atoms with Gasteiger partial charge in [-0.2, -0.15) is 0 Å². The van der Waals surface area contributed by atoms with Crippen molar-refractivity contribution in [2.24, 2.45) is 0 Å². The van der Waals surface area contributed by atoms with Gasteiger partial charge in [0.1, 0.15) is 0 Å².